The van der Waals surface area contributed by atoms with E-state index in [0.717, 1.165) is 16.8 Å². The number of aromatic nitrogens is 3. The van der Waals surface area contributed by atoms with E-state index in [1.807, 2.05) is 30.3 Å². The minimum Gasteiger partial charge on any atom is -0.454 e. The predicted octanol–water partition coefficient (Wildman–Crippen LogP) is 2.01. The van der Waals surface area contributed by atoms with E-state index in [0.29, 0.717) is 23.0 Å². The molecule has 7 heteroatoms. The number of nitrogens with two attached hydrogens (primary N) is 1. The number of pyridine rings is 1. The molecule has 0 spiro atoms. The zero-order chi connectivity index (χ0) is 13.5. The lowest BCUT2D eigenvalue weighted by atomic mass is 10.2. The molecule has 0 fully saturated rings. The summed E-state index contributed by atoms with van der Waals surface area (Å²) in [4.78, 5) is 4.39. The average molecular weight is 269 g/mol. The molecule has 3 aromatic rings. The molecule has 2 aromatic heterocycles. The summed E-state index contributed by atoms with van der Waals surface area (Å²) in [6.45, 7) is 0.233. The molecule has 20 heavy (non-hydrogen) atoms. The van der Waals surface area contributed by atoms with Crippen molar-refractivity contribution in [1.29, 1.82) is 0 Å². The van der Waals surface area contributed by atoms with Crippen molar-refractivity contribution in [2.45, 2.75) is 0 Å². The Balaban J connectivity index is 1.72. The van der Waals surface area contributed by atoms with E-state index in [-0.39, 0.29) is 6.79 Å². The Kier molecular flexibility index (Phi) is 2.19. The second-order valence-corrected chi connectivity index (χ2v) is 4.37. The van der Waals surface area contributed by atoms with E-state index >= 15 is 0 Å². The number of benzene rings is 1. The number of nitrogens with zero attached hydrogens (tertiary/aromatic N) is 2. The number of nitrogens with one attached hydrogen (secondary N) is 2. The van der Waals surface area contributed by atoms with Crippen molar-refractivity contribution < 1.29 is 9.47 Å². The van der Waals surface area contributed by atoms with Crippen LogP contribution in [0.2, 0.25) is 0 Å². The first-order valence-corrected chi connectivity index (χ1v) is 6.07. The highest BCUT2D eigenvalue weighted by atomic mass is 16.7. The molecule has 100 valence electrons. The van der Waals surface area contributed by atoms with Gasteiger partial charge in [0, 0.05) is 0 Å². The molecule has 0 saturated heterocycles. The smallest absolute Gasteiger partial charge is 0.231 e. The first kappa shape index (κ1) is 10.9. The first-order chi connectivity index (χ1) is 9.81. The van der Waals surface area contributed by atoms with Gasteiger partial charge in [-0.05, 0) is 24.3 Å². The molecular formula is C13H11N5O2. The third kappa shape index (κ3) is 1.60. The Labute approximate surface area is 113 Å². The highest BCUT2D eigenvalue weighted by Crippen LogP contribution is 2.39. The number of aromatic amines is 1. The minimum absolute atomic E-state index is 0.233. The fraction of sp³-hybridized carbons (Fsp3) is 0.0769. The van der Waals surface area contributed by atoms with Crippen LogP contribution < -0.4 is 20.5 Å². The summed E-state index contributed by atoms with van der Waals surface area (Å²) in [5, 5.41) is 10.7. The SMILES string of the molecule is Nc1[nH]nc2nc(Nc3cccc4c3OCO4)ccc12. The van der Waals surface area contributed by atoms with Gasteiger partial charge in [0.15, 0.2) is 17.1 Å². The van der Waals surface area contributed by atoms with Crippen LogP contribution in [-0.4, -0.2) is 22.0 Å². The lowest BCUT2D eigenvalue weighted by Crippen LogP contribution is -1.97. The zero-order valence-corrected chi connectivity index (χ0v) is 10.4. The second-order valence-electron chi connectivity index (χ2n) is 4.37. The lowest BCUT2D eigenvalue weighted by Gasteiger charge is -2.08. The Morgan fingerprint density at radius 2 is 2.15 bits per heavy atom. The van der Waals surface area contributed by atoms with Gasteiger partial charge in [-0.2, -0.15) is 5.10 Å². The van der Waals surface area contributed by atoms with Gasteiger partial charge < -0.3 is 20.5 Å². The largest absolute Gasteiger partial charge is 0.454 e. The third-order valence-electron chi connectivity index (χ3n) is 3.11. The predicted molar refractivity (Wildman–Crippen MR) is 74.1 cm³/mol. The maximum Gasteiger partial charge on any atom is 0.231 e. The summed E-state index contributed by atoms with van der Waals surface area (Å²) in [7, 11) is 0. The van der Waals surface area contributed by atoms with Gasteiger partial charge in [-0.1, -0.05) is 6.07 Å². The molecule has 0 aliphatic carbocycles. The summed E-state index contributed by atoms with van der Waals surface area (Å²) in [6, 6.07) is 9.35. The zero-order valence-electron chi connectivity index (χ0n) is 10.4. The summed E-state index contributed by atoms with van der Waals surface area (Å²) in [5.41, 5.74) is 7.11. The fourth-order valence-electron chi connectivity index (χ4n) is 2.15. The Hall–Kier alpha value is -2.96. The topological polar surface area (TPSA) is 98.1 Å². The van der Waals surface area contributed by atoms with Crippen LogP contribution in [0.25, 0.3) is 11.0 Å². The van der Waals surface area contributed by atoms with E-state index < -0.39 is 0 Å². The van der Waals surface area contributed by atoms with E-state index in [4.69, 9.17) is 15.2 Å². The van der Waals surface area contributed by atoms with Crippen LogP contribution in [0.5, 0.6) is 11.5 Å². The maximum atomic E-state index is 5.74. The van der Waals surface area contributed by atoms with Crippen molar-refractivity contribution in [3.8, 4) is 11.5 Å². The molecule has 0 radical (unpaired) electrons. The van der Waals surface area contributed by atoms with Crippen molar-refractivity contribution in [2.24, 2.45) is 0 Å². The van der Waals surface area contributed by atoms with Crippen molar-refractivity contribution in [3.63, 3.8) is 0 Å². The molecule has 1 aliphatic rings. The minimum atomic E-state index is 0.233. The van der Waals surface area contributed by atoms with Crippen LogP contribution in [0.4, 0.5) is 17.3 Å². The highest BCUT2D eigenvalue weighted by molar-refractivity contribution is 5.87. The third-order valence-corrected chi connectivity index (χ3v) is 3.11. The molecule has 4 rings (SSSR count). The number of hydrogen-bond acceptors (Lipinski definition) is 6. The van der Waals surface area contributed by atoms with Crippen LogP contribution in [0.1, 0.15) is 0 Å². The summed E-state index contributed by atoms with van der Waals surface area (Å²) >= 11 is 0. The van der Waals surface area contributed by atoms with E-state index in [1.165, 1.54) is 0 Å². The number of fused-ring (bicyclic) bond motifs is 2. The molecule has 0 bridgehead atoms. The van der Waals surface area contributed by atoms with Gasteiger partial charge in [-0.25, -0.2) is 4.98 Å². The number of ether oxygens (including phenoxy) is 2. The Morgan fingerprint density at radius 1 is 1.20 bits per heavy atom. The van der Waals surface area contributed by atoms with Crippen molar-refractivity contribution in [1.82, 2.24) is 15.2 Å². The number of rotatable bonds is 2. The van der Waals surface area contributed by atoms with Crippen LogP contribution in [-0.2, 0) is 0 Å². The fourth-order valence-corrected chi connectivity index (χ4v) is 2.15. The van der Waals surface area contributed by atoms with Gasteiger partial charge in [0.25, 0.3) is 0 Å². The average Bonchev–Trinajstić information content (AvgIpc) is 3.07. The van der Waals surface area contributed by atoms with Gasteiger partial charge in [0.05, 0.1) is 11.1 Å². The molecule has 0 saturated carbocycles. The van der Waals surface area contributed by atoms with Crippen LogP contribution in [0.15, 0.2) is 30.3 Å². The number of H-pyrrole nitrogens is 1. The van der Waals surface area contributed by atoms with E-state index in [9.17, 15) is 0 Å². The van der Waals surface area contributed by atoms with Crippen LogP contribution in [0.3, 0.4) is 0 Å². The molecule has 3 heterocycles. The summed E-state index contributed by atoms with van der Waals surface area (Å²) in [6.07, 6.45) is 0. The van der Waals surface area contributed by atoms with Gasteiger partial charge in [-0.15, -0.1) is 0 Å². The van der Waals surface area contributed by atoms with Crippen molar-refractivity contribution >= 4 is 28.4 Å². The monoisotopic (exact) mass is 269 g/mol. The second kappa shape index (κ2) is 4.02. The summed E-state index contributed by atoms with van der Waals surface area (Å²) in [5.74, 6) is 2.58. The van der Waals surface area contributed by atoms with Gasteiger partial charge in [0.1, 0.15) is 11.6 Å². The summed E-state index contributed by atoms with van der Waals surface area (Å²) < 4.78 is 10.8. The Bertz CT molecular complexity index is 799. The molecule has 1 aromatic carbocycles. The standard InChI is InChI=1S/C13H11N5O2/c14-12-7-4-5-10(16-13(7)18-17-12)15-8-2-1-3-9-11(8)20-6-19-9/h1-5H,6H2,(H4,14,15,16,17,18). The molecule has 1 aliphatic heterocycles. The lowest BCUT2D eigenvalue weighted by molar-refractivity contribution is 0.174. The first-order valence-electron chi connectivity index (χ1n) is 6.07. The molecule has 7 nitrogen and oxygen atoms in total. The van der Waals surface area contributed by atoms with Crippen LogP contribution in [0, 0.1) is 0 Å². The number of nitrogen functional groups attached to an aromatic ring is 1. The number of anilines is 3. The van der Waals surface area contributed by atoms with Crippen molar-refractivity contribution in [2.75, 3.05) is 17.8 Å². The molecule has 0 unspecified atom stereocenters. The van der Waals surface area contributed by atoms with Gasteiger partial charge >= 0.3 is 0 Å². The normalized spacial score (nSPS) is 12.8. The van der Waals surface area contributed by atoms with Gasteiger partial charge in [-0.3, -0.25) is 5.10 Å². The van der Waals surface area contributed by atoms with Gasteiger partial charge in [0.2, 0.25) is 6.79 Å². The molecule has 4 N–H and O–H groups in total. The van der Waals surface area contributed by atoms with E-state index in [1.54, 1.807) is 0 Å². The van der Waals surface area contributed by atoms with E-state index in [2.05, 4.69) is 20.5 Å². The quantitative estimate of drug-likeness (QED) is 0.658. The highest BCUT2D eigenvalue weighted by Gasteiger charge is 2.17. The van der Waals surface area contributed by atoms with Crippen LogP contribution >= 0.6 is 0 Å². The number of hydrogen-bond donors (Lipinski definition) is 3. The van der Waals surface area contributed by atoms with Crippen molar-refractivity contribution in [3.05, 3.63) is 30.3 Å². The molecule has 0 amide bonds. The molecular weight excluding hydrogens is 258 g/mol. The number of para-hydroxylation sites is 1. The Morgan fingerprint density at radius 3 is 3.10 bits per heavy atom. The molecule has 0 atom stereocenters. The maximum absolute atomic E-state index is 5.74.